The second-order valence-corrected chi connectivity index (χ2v) is 8.61. The van der Waals surface area contributed by atoms with Gasteiger partial charge in [-0.3, -0.25) is 10.1 Å². The Bertz CT molecular complexity index is 1150. The second-order valence-electron chi connectivity index (χ2n) is 8.61. The van der Waals surface area contributed by atoms with Crippen LogP contribution in [0, 0.1) is 0 Å². The Balaban J connectivity index is 0.00000361. The zero-order valence-electron chi connectivity index (χ0n) is 19.3. The number of carbonyl (C=O) groups is 2. The van der Waals surface area contributed by atoms with Gasteiger partial charge in [-0.1, -0.05) is 68.1 Å². The molecule has 0 aliphatic carbocycles. The van der Waals surface area contributed by atoms with Crippen molar-refractivity contribution in [2.45, 2.75) is 45.3 Å². The van der Waals surface area contributed by atoms with Crippen molar-refractivity contribution in [3.63, 3.8) is 0 Å². The number of rotatable bonds is 8. The fraction of sp³-hybridized carbons (Fsp3) is 0.286. The van der Waals surface area contributed by atoms with E-state index in [2.05, 4.69) is 15.5 Å². The lowest BCUT2D eigenvalue weighted by atomic mass is 9.93. The molecule has 4 N–H and O–H groups in total. The van der Waals surface area contributed by atoms with E-state index in [1.807, 2.05) is 54.6 Å². The first-order chi connectivity index (χ1) is 17.0. The average Bonchev–Trinajstić information content (AvgIpc) is 2.86. The maximum absolute atomic E-state index is 13.8. The highest BCUT2D eigenvalue weighted by Gasteiger charge is 2.34. The summed E-state index contributed by atoms with van der Waals surface area (Å²) in [7, 11) is 0. The Morgan fingerprint density at radius 2 is 1.72 bits per heavy atom. The molecule has 1 heterocycles. The number of anilines is 1. The highest BCUT2D eigenvalue weighted by Crippen LogP contribution is 2.25. The number of aryl methyl sites for hydroxylation is 1. The molecule has 4 rings (SSSR count). The molecule has 0 spiro atoms. The lowest BCUT2D eigenvalue weighted by molar-refractivity contribution is -0.252. The molecule has 8 nitrogen and oxygen atoms in total. The number of phenolic OH excluding ortho intramolecular Hbond substituents is 1. The van der Waals surface area contributed by atoms with Crippen molar-refractivity contribution in [2.24, 2.45) is 0 Å². The Hall–Kier alpha value is -3.88. The van der Waals surface area contributed by atoms with Gasteiger partial charge in [0, 0.05) is 18.3 Å². The fourth-order valence-electron chi connectivity index (χ4n) is 4.40. The van der Waals surface area contributed by atoms with Crippen molar-refractivity contribution in [1.82, 2.24) is 10.2 Å². The topological polar surface area (TPSA) is 111 Å². The maximum Gasteiger partial charge on any atom is 0.319 e. The zero-order chi connectivity index (χ0) is 24.6. The lowest BCUT2D eigenvalue weighted by Gasteiger charge is -2.38. The van der Waals surface area contributed by atoms with Gasteiger partial charge >= 0.3 is 6.03 Å². The molecule has 0 radical (unpaired) electrons. The number of phenols is 1. The molecule has 0 saturated carbocycles. The van der Waals surface area contributed by atoms with Crippen molar-refractivity contribution in [1.29, 1.82) is 0 Å². The van der Waals surface area contributed by atoms with E-state index in [-0.39, 0.29) is 31.7 Å². The molecule has 36 heavy (non-hydrogen) atoms. The summed E-state index contributed by atoms with van der Waals surface area (Å²) in [4.78, 5) is 32.7. The van der Waals surface area contributed by atoms with Crippen molar-refractivity contribution in [2.75, 3.05) is 11.9 Å². The molecule has 1 aliphatic heterocycles. The first kappa shape index (κ1) is 26.7. The van der Waals surface area contributed by atoms with E-state index in [0.29, 0.717) is 31.5 Å². The minimum atomic E-state index is -0.807. The largest absolute Gasteiger partial charge is 0.508 e. The second kappa shape index (κ2) is 12.7. The quantitative estimate of drug-likeness (QED) is 0.272. The predicted octanol–water partition coefficient (Wildman–Crippen LogP) is 4.59. The summed E-state index contributed by atoms with van der Waals surface area (Å²) >= 11 is 0. The van der Waals surface area contributed by atoms with E-state index in [1.165, 1.54) is 12.1 Å². The van der Waals surface area contributed by atoms with Gasteiger partial charge in [-0.2, -0.15) is 0 Å². The molecule has 2 atom stereocenters. The minimum Gasteiger partial charge on any atom is -0.508 e. The smallest absolute Gasteiger partial charge is 0.319 e. The summed E-state index contributed by atoms with van der Waals surface area (Å²) < 4.78 is 0. The molecule has 0 bridgehead atoms. The van der Waals surface area contributed by atoms with Gasteiger partial charge in [-0.05, 0) is 48.1 Å². The van der Waals surface area contributed by atoms with Crippen LogP contribution in [0.4, 0.5) is 10.5 Å². The van der Waals surface area contributed by atoms with Gasteiger partial charge in [0.25, 0.3) is 0 Å². The molecule has 8 heteroatoms. The molecule has 1 unspecified atom stereocenters. The molecule has 0 fully saturated rings. The fourth-order valence-corrected chi connectivity index (χ4v) is 4.40. The minimum absolute atomic E-state index is 0. The van der Waals surface area contributed by atoms with Gasteiger partial charge in [0.2, 0.25) is 5.91 Å². The number of amides is 3. The number of nitrogens with one attached hydrogen (secondary N) is 2. The number of aromatic hydroxyl groups is 1. The van der Waals surface area contributed by atoms with Crippen molar-refractivity contribution in [3.05, 3.63) is 95.6 Å². The van der Waals surface area contributed by atoms with Crippen LogP contribution in [0.1, 0.15) is 30.5 Å². The third-order valence-electron chi connectivity index (χ3n) is 6.18. The molecule has 3 aromatic rings. The van der Waals surface area contributed by atoms with E-state index in [1.54, 1.807) is 17.0 Å². The normalized spacial score (nSPS) is 15.2. The number of benzene rings is 3. The van der Waals surface area contributed by atoms with Crippen LogP contribution in [0.15, 0.2) is 78.9 Å². The van der Waals surface area contributed by atoms with Gasteiger partial charge in [0.05, 0.1) is 6.04 Å². The number of hydrogen-bond acceptors (Lipinski definition) is 5. The van der Waals surface area contributed by atoms with E-state index in [4.69, 9.17) is 5.26 Å². The number of nitrogens with zero attached hydrogens (tertiary/aromatic N) is 1. The summed E-state index contributed by atoms with van der Waals surface area (Å²) in [5.41, 5.74) is 3.60. The van der Waals surface area contributed by atoms with E-state index >= 15 is 0 Å². The molecular weight excluding hydrogens is 458 g/mol. The number of hydrogen-bond donors (Lipinski definition) is 4. The molecule has 3 aromatic carbocycles. The van der Waals surface area contributed by atoms with Crippen molar-refractivity contribution in [3.8, 4) is 5.75 Å². The number of carbonyl (C=O) groups excluding carboxylic acids is 2. The van der Waals surface area contributed by atoms with Crippen LogP contribution in [-0.2, 0) is 29.1 Å². The Labute approximate surface area is 211 Å². The lowest BCUT2D eigenvalue weighted by Crippen LogP contribution is -2.55. The van der Waals surface area contributed by atoms with Gasteiger partial charge < -0.3 is 20.6 Å². The van der Waals surface area contributed by atoms with Gasteiger partial charge in [0.15, 0.2) is 0 Å². The molecule has 3 amide bonds. The third-order valence-corrected chi connectivity index (χ3v) is 6.18. The molecule has 190 valence electrons. The molecule has 0 aromatic heterocycles. The number of fused-ring (bicyclic) bond motifs is 1. The van der Waals surface area contributed by atoms with E-state index in [9.17, 15) is 14.7 Å². The van der Waals surface area contributed by atoms with E-state index in [0.717, 1.165) is 16.7 Å². The monoisotopic (exact) mass is 491 g/mol. The summed E-state index contributed by atoms with van der Waals surface area (Å²) in [5, 5.41) is 24.3. The summed E-state index contributed by atoms with van der Waals surface area (Å²) in [5.74, 6) is -0.220. The van der Waals surface area contributed by atoms with Crippen LogP contribution >= 0.6 is 0 Å². The van der Waals surface area contributed by atoms with Gasteiger partial charge in [-0.25, -0.2) is 9.68 Å². The zero-order valence-corrected chi connectivity index (χ0v) is 19.3. The maximum atomic E-state index is 13.8. The molecule has 1 aliphatic rings. The average molecular weight is 492 g/mol. The highest BCUT2D eigenvalue weighted by molar-refractivity contribution is 5.94. The van der Waals surface area contributed by atoms with Gasteiger partial charge in [-0.15, -0.1) is 0 Å². The standard InChI is InChI=1S/C27H29N3O5.CH4/c31-24-12-6-11-22(16-24)28-27(33)29-25(14-13-19-7-2-1-3-8-19)26(32)30-17-21-10-5-4-9-20(21)15-23(30)18-35-34;/h1-12,16,23,25,31,34H,13-15,17-18H2,(H2,28,29,33);1H4/t23-,25?;/m1./s1. The first-order valence-electron chi connectivity index (χ1n) is 11.6. The molecular formula is C28H33N3O5. The van der Waals surface area contributed by atoms with Crippen LogP contribution < -0.4 is 10.6 Å². The van der Waals surface area contributed by atoms with Crippen molar-refractivity contribution < 1.29 is 24.8 Å². The van der Waals surface area contributed by atoms with Crippen molar-refractivity contribution >= 4 is 17.6 Å². The first-order valence-corrected chi connectivity index (χ1v) is 11.6. The predicted molar refractivity (Wildman–Crippen MR) is 139 cm³/mol. The van der Waals surface area contributed by atoms with Crippen LogP contribution in [0.25, 0.3) is 0 Å². The van der Waals surface area contributed by atoms with Crippen LogP contribution in [-0.4, -0.2) is 45.9 Å². The Kier molecular flexibility index (Phi) is 9.44. The Morgan fingerprint density at radius 1 is 1.00 bits per heavy atom. The SMILES string of the molecule is C.O=C(Nc1cccc(O)c1)NC(CCc1ccccc1)C(=O)N1Cc2ccccc2C[C@@H]1COO. The summed E-state index contributed by atoms with van der Waals surface area (Å²) in [6.07, 6.45) is 1.53. The molecule has 0 saturated heterocycles. The van der Waals surface area contributed by atoms with Gasteiger partial charge in [0.1, 0.15) is 18.4 Å². The highest BCUT2D eigenvalue weighted by atomic mass is 17.1. The van der Waals surface area contributed by atoms with E-state index < -0.39 is 12.1 Å². The van der Waals surface area contributed by atoms with Crippen LogP contribution in [0.2, 0.25) is 0 Å². The number of urea groups is 1. The summed E-state index contributed by atoms with van der Waals surface area (Å²) in [6, 6.07) is 22.1. The third kappa shape index (κ3) is 6.84. The summed E-state index contributed by atoms with van der Waals surface area (Å²) in [6.45, 7) is 0.335. The Morgan fingerprint density at radius 3 is 2.44 bits per heavy atom. The van der Waals surface area contributed by atoms with Crippen LogP contribution in [0.5, 0.6) is 5.75 Å². The van der Waals surface area contributed by atoms with Crippen LogP contribution in [0.3, 0.4) is 0 Å².